The van der Waals surface area contributed by atoms with Crippen LogP contribution in [0.25, 0.3) is 10.8 Å². The first-order valence-electron chi connectivity index (χ1n) is 17.7. The van der Waals surface area contributed by atoms with Crippen LogP contribution in [0.1, 0.15) is 63.4 Å². The first kappa shape index (κ1) is 36.6. The molecule has 2 saturated carbocycles. The topological polar surface area (TPSA) is 147 Å². The summed E-state index contributed by atoms with van der Waals surface area (Å²) in [6, 6.07) is 9.28. The molecule has 0 bridgehead atoms. The maximum atomic E-state index is 14.5. The van der Waals surface area contributed by atoms with Crippen LogP contribution in [-0.2, 0) is 30.6 Å². The fraction of sp³-hybridized carbons (Fsp3) is 0.459. The zero-order valence-corrected chi connectivity index (χ0v) is 29.4. The average Bonchev–Trinajstić information content (AvgIpc) is 4.04. The normalized spacial score (nSPS) is 26.8. The van der Waals surface area contributed by atoms with Crippen molar-refractivity contribution < 1.29 is 45.1 Å². The number of hydrogen-bond donors (Lipinski definition) is 3. The van der Waals surface area contributed by atoms with Gasteiger partial charge in [-0.1, -0.05) is 43.2 Å². The van der Waals surface area contributed by atoms with Crippen molar-refractivity contribution in [3.63, 3.8) is 0 Å². The van der Waals surface area contributed by atoms with E-state index < -0.39 is 80.2 Å². The summed E-state index contributed by atoms with van der Waals surface area (Å²) in [7, 11) is -3.94. The molecule has 1 aromatic heterocycles. The molecule has 3 fully saturated rings. The second-order valence-corrected chi connectivity index (χ2v) is 16.2. The third kappa shape index (κ3) is 7.82. The van der Waals surface area contributed by atoms with E-state index in [0.29, 0.717) is 56.0 Å². The number of fused-ring (bicyclic) bond motifs is 3. The third-order valence-electron chi connectivity index (χ3n) is 10.4. The van der Waals surface area contributed by atoms with E-state index in [1.54, 1.807) is 12.3 Å². The Bertz CT molecular complexity index is 2050. The summed E-state index contributed by atoms with van der Waals surface area (Å²) in [5, 5.41) is 6.56. The van der Waals surface area contributed by atoms with Crippen molar-refractivity contribution in [2.45, 2.75) is 92.9 Å². The highest BCUT2D eigenvalue weighted by molar-refractivity contribution is 7.91. The first-order chi connectivity index (χ1) is 25.2. The second kappa shape index (κ2) is 14.3. The lowest BCUT2D eigenvalue weighted by molar-refractivity contribution is -0.140. The van der Waals surface area contributed by atoms with Crippen LogP contribution in [0.2, 0.25) is 0 Å². The van der Waals surface area contributed by atoms with Crippen molar-refractivity contribution in [3.05, 3.63) is 78.3 Å². The van der Waals surface area contributed by atoms with Gasteiger partial charge in [-0.25, -0.2) is 17.8 Å². The lowest BCUT2D eigenvalue weighted by atomic mass is 10.0. The van der Waals surface area contributed by atoms with Crippen LogP contribution >= 0.6 is 0 Å². The maximum Gasteiger partial charge on any atom is 0.419 e. The van der Waals surface area contributed by atoms with Gasteiger partial charge in [0.05, 0.1) is 17.4 Å². The van der Waals surface area contributed by atoms with E-state index in [-0.39, 0.29) is 37.4 Å². The molecule has 16 heteroatoms. The number of carbonyl (C=O) groups excluding carboxylic acids is 3. The van der Waals surface area contributed by atoms with Gasteiger partial charge in [-0.15, -0.1) is 0 Å². The standard InChI is InChI=1S/C37H39F4N5O6S/c38-29-15-12-24(18-28(29)37(39,40)41)43-30-11-5-3-1-2-4-9-23-20-36(23,35(49)45-53(50,51)26-13-14-26)44-32(47)31-19-25(21-46(31)34(30)48)52-33-27-10-7-6-8-22(27)16-17-42-33/h4,6-10,12,15-18,23,25-26,30-31,43H,1-3,5,11,13-14,19-21H2,(H,44,47)(H,45,49)/t23-,25-,30+,31+,36-/m1/s1. The summed E-state index contributed by atoms with van der Waals surface area (Å²) in [5.41, 5.74) is -3.18. The second-order valence-electron chi connectivity index (χ2n) is 14.2. The Morgan fingerprint density at radius 1 is 1.04 bits per heavy atom. The zero-order chi connectivity index (χ0) is 37.5. The minimum atomic E-state index is -4.97. The van der Waals surface area contributed by atoms with Crippen LogP contribution in [0.5, 0.6) is 5.88 Å². The lowest BCUT2D eigenvalue weighted by Gasteiger charge is -2.30. The van der Waals surface area contributed by atoms with Crippen molar-refractivity contribution in [3.8, 4) is 5.88 Å². The van der Waals surface area contributed by atoms with Crippen LogP contribution in [0.4, 0.5) is 23.2 Å². The van der Waals surface area contributed by atoms with Crippen LogP contribution in [0.3, 0.4) is 0 Å². The minimum absolute atomic E-state index is 0.0253. The Kier molecular flexibility index (Phi) is 9.85. The number of alkyl halides is 3. The highest BCUT2D eigenvalue weighted by Crippen LogP contribution is 2.46. The van der Waals surface area contributed by atoms with Crippen LogP contribution < -0.4 is 20.1 Å². The van der Waals surface area contributed by atoms with E-state index in [9.17, 15) is 40.4 Å². The number of hydrogen-bond acceptors (Lipinski definition) is 8. The van der Waals surface area contributed by atoms with Crippen molar-refractivity contribution in [1.82, 2.24) is 19.9 Å². The minimum Gasteiger partial charge on any atom is -0.472 e. The number of carbonyl (C=O) groups is 3. The van der Waals surface area contributed by atoms with Gasteiger partial charge in [0.2, 0.25) is 27.7 Å². The monoisotopic (exact) mass is 757 g/mol. The molecule has 2 aliphatic carbocycles. The molecule has 5 atom stereocenters. The predicted molar refractivity (Wildman–Crippen MR) is 186 cm³/mol. The first-order valence-corrected chi connectivity index (χ1v) is 19.3. The van der Waals surface area contributed by atoms with Gasteiger partial charge in [-0.05, 0) is 74.2 Å². The van der Waals surface area contributed by atoms with Crippen LogP contribution in [-0.4, -0.2) is 71.5 Å². The molecule has 2 aliphatic heterocycles. The van der Waals surface area contributed by atoms with E-state index in [0.717, 1.165) is 11.5 Å². The molecule has 11 nitrogen and oxygen atoms in total. The Labute approximate surface area is 303 Å². The molecule has 7 rings (SSSR count). The van der Waals surface area contributed by atoms with Gasteiger partial charge < -0.3 is 20.3 Å². The predicted octanol–water partition coefficient (Wildman–Crippen LogP) is 5.23. The van der Waals surface area contributed by atoms with Gasteiger partial charge in [-0.2, -0.15) is 13.2 Å². The number of benzene rings is 2. The van der Waals surface area contributed by atoms with Crippen molar-refractivity contribution >= 4 is 44.2 Å². The van der Waals surface area contributed by atoms with E-state index in [2.05, 4.69) is 20.3 Å². The number of rotatable bonds is 7. The Balaban J connectivity index is 1.21. The molecule has 0 spiro atoms. The fourth-order valence-electron chi connectivity index (χ4n) is 7.22. The molecular weight excluding hydrogens is 718 g/mol. The van der Waals surface area contributed by atoms with Crippen LogP contribution in [0.15, 0.2) is 66.9 Å². The number of allylic oxidation sites excluding steroid dienone is 1. The van der Waals surface area contributed by atoms with Gasteiger partial charge in [0.1, 0.15) is 29.5 Å². The summed E-state index contributed by atoms with van der Waals surface area (Å²) in [4.78, 5) is 48.1. The number of sulfonamides is 1. The summed E-state index contributed by atoms with van der Waals surface area (Å²) < 4.78 is 89.0. The zero-order valence-electron chi connectivity index (χ0n) is 28.6. The van der Waals surface area contributed by atoms with Crippen molar-refractivity contribution in [2.75, 3.05) is 11.9 Å². The SMILES string of the molecule is O=C1N[C@]2(C(=O)NS(=O)(=O)C3CC3)C[C@H]2C=CCCCCC[C@H](Nc2ccc(F)c(C(F)(F)F)c2)C(=O)N2C[C@H](Oc3nccc4ccccc34)C[C@@H]12. The molecule has 3 N–H and O–H groups in total. The number of pyridine rings is 1. The summed E-state index contributed by atoms with van der Waals surface area (Å²) in [6.45, 7) is -0.101. The molecule has 1 saturated heterocycles. The van der Waals surface area contributed by atoms with E-state index in [4.69, 9.17) is 4.74 Å². The van der Waals surface area contributed by atoms with Crippen molar-refractivity contribution in [1.29, 1.82) is 0 Å². The lowest BCUT2D eigenvalue weighted by Crippen LogP contribution is -2.57. The number of halogens is 4. The highest BCUT2D eigenvalue weighted by Gasteiger charge is 2.62. The van der Waals surface area contributed by atoms with Crippen LogP contribution in [0, 0.1) is 11.7 Å². The Hall–Kier alpha value is -4.73. The molecule has 4 aliphatic rings. The number of anilines is 1. The maximum absolute atomic E-state index is 14.5. The number of aromatic nitrogens is 1. The molecule has 282 valence electrons. The summed E-state index contributed by atoms with van der Waals surface area (Å²) in [5.74, 6) is -3.83. The van der Waals surface area contributed by atoms with Gasteiger partial charge in [0.15, 0.2) is 0 Å². The third-order valence-corrected chi connectivity index (χ3v) is 12.2. The number of amides is 3. The summed E-state index contributed by atoms with van der Waals surface area (Å²) in [6.07, 6.45) is 3.16. The largest absolute Gasteiger partial charge is 0.472 e. The average molecular weight is 758 g/mol. The molecule has 0 radical (unpaired) electrons. The van der Waals surface area contributed by atoms with Gasteiger partial charge in [0, 0.05) is 29.6 Å². The number of nitrogens with one attached hydrogen (secondary N) is 3. The fourth-order valence-corrected chi connectivity index (χ4v) is 8.59. The van der Waals surface area contributed by atoms with E-state index in [1.165, 1.54) is 4.90 Å². The smallest absolute Gasteiger partial charge is 0.419 e. The molecule has 3 amide bonds. The molecule has 2 aromatic carbocycles. The van der Waals surface area contributed by atoms with Gasteiger partial charge >= 0.3 is 6.18 Å². The summed E-state index contributed by atoms with van der Waals surface area (Å²) >= 11 is 0. The highest BCUT2D eigenvalue weighted by atomic mass is 32.2. The number of nitrogens with zero attached hydrogens (tertiary/aromatic N) is 2. The molecular formula is C37H39F4N5O6S. The Morgan fingerprint density at radius 2 is 1.83 bits per heavy atom. The van der Waals surface area contributed by atoms with E-state index in [1.807, 2.05) is 36.4 Å². The van der Waals surface area contributed by atoms with Crippen molar-refractivity contribution in [2.24, 2.45) is 5.92 Å². The van der Waals surface area contributed by atoms with E-state index >= 15 is 0 Å². The quantitative estimate of drug-likeness (QED) is 0.220. The van der Waals surface area contributed by atoms with Gasteiger partial charge in [0.25, 0.3) is 5.91 Å². The van der Waals surface area contributed by atoms with Gasteiger partial charge in [-0.3, -0.25) is 19.1 Å². The number of ether oxygens (including phenoxy) is 1. The molecule has 3 heterocycles. The molecule has 53 heavy (non-hydrogen) atoms. The Morgan fingerprint density at radius 3 is 2.60 bits per heavy atom. The molecule has 3 aromatic rings. The molecule has 0 unspecified atom stereocenters.